The number of benzene rings is 1. The van der Waals surface area contributed by atoms with E-state index in [0.717, 1.165) is 22.6 Å². The Morgan fingerprint density at radius 3 is 2.58 bits per heavy atom. The van der Waals surface area contributed by atoms with E-state index in [9.17, 15) is 9.18 Å². The number of aromatic nitrogens is 3. The maximum absolute atomic E-state index is 13.1. The zero-order valence-electron chi connectivity index (χ0n) is 19.3. The van der Waals surface area contributed by atoms with Crippen molar-refractivity contribution in [1.29, 1.82) is 0 Å². The molecule has 168 valence electrons. The first-order chi connectivity index (χ1) is 15.1. The van der Waals surface area contributed by atoms with Crippen LogP contribution in [0.2, 0.25) is 0 Å². The van der Waals surface area contributed by atoms with E-state index in [4.69, 9.17) is 4.74 Å². The molecule has 0 aliphatic heterocycles. The fraction of sp³-hybridized carbons (Fsp3) is 0.375. The number of imidazole rings is 1. The number of H-pyrrole nitrogens is 1. The monoisotopic (exact) mass is 429 g/mol. The molecule has 6 nitrogen and oxygen atoms in total. The van der Waals surface area contributed by atoms with E-state index in [0.29, 0.717) is 25.2 Å². The third-order valence-corrected chi connectivity index (χ3v) is 4.25. The van der Waals surface area contributed by atoms with Gasteiger partial charge in [-0.05, 0) is 55.2 Å². The Bertz CT molecular complexity index is 941. The highest BCUT2D eigenvalue weighted by atomic mass is 19.1. The molecule has 3 aromatic rings. The molecular weight excluding hydrogens is 395 g/mol. The Morgan fingerprint density at radius 1 is 1.19 bits per heavy atom. The molecule has 0 spiro atoms. The van der Waals surface area contributed by atoms with Gasteiger partial charge in [0.1, 0.15) is 29.6 Å². The van der Waals surface area contributed by atoms with Crippen LogP contribution in [0.5, 0.6) is 5.75 Å². The molecular formula is C24H34FN4O2+. The van der Waals surface area contributed by atoms with Crippen LogP contribution in [0.1, 0.15) is 55.9 Å². The Labute approximate surface area is 184 Å². The summed E-state index contributed by atoms with van der Waals surface area (Å²) in [6.45, 7) is 10.4. The van der Waals surface area contributed by atoms with E-state index in [-0.39, 0.29) is 11.7 Å². The molecule has 0 saturated carbocycles. The van der Waals surface area contributed by atoms with Gasteiger partial charge in [-0.25, -0.2) is 9.37 Å². The first-order valence-corrected chi connectivity index (χ1v) is 10.7. The van der Waals surface area contributed by atoms with E-state index >= 15 is 0 Å². The Hall–Kier alpha value is -3.22. The number of ether oxygens (including phenoxy) is 1. The molecule has 7 heteroatoms. The van der Waals surface area contributed by atoms with E-state index in [2.05, 4.69) is 15.3 Å². The van der Waals surface area contributed by atoms with E-state index in [1.54, 1.807) is 30.3 Å². The van der Waals surface area contributed by atoms with Gasteiger partial charge in [-0.2, -0.15) is 4.57 Å². The third-order valence-electron chi connectivity index (χ3n) is 4.25. The topological polar surface area (TPSA) is 70.9 Å². The number of carbonyl (C=O) groups is 1. The number of pyridine rings is 1. The molecule has 0 saturated heterocycles. The molecule has 0 bridgehead atoms. The molecule has 0 atom stereocenters. The number of rotatable bonds is 7. The van der Waals surface area contributed by atoms with Gasteiger partial charge in [-0.3, -0.25) is 9.78 Å². The zero-order valence-corrected chi connectivity index (χ0v) is 19.3. The van der Waals surface area contributed by atoms with Crippen LogP contribution in [0.3, 0.4) is 0 Å². The highest BCUT2D eigenvalue weighted by Gasteiger charge is 2.21. The molecule has 1 amide bonds. The molecule has 2 aromatic heterocycles. The van der Waals surface area contributed by atoms with Crippen LogP contribution < -0.4 is 14.6 Å². The Kier molecular flexibility index (Phi) is 11.6. The summed E-state index contributed by atoms with van der Waals surface area (Å²) in [4.78, 5) is 19.3. The van der Waals surface area contributed by atoms with Crippen LogP contribution in [0.25, 0.3) is 5.69 Å². The second kappa shape index (κ2) is 13.9. The van der Waals surface area contributed by atoms with Gasteiger partial charge < -0.3 is 10.1 Å². The van der Waals surface area contributed by atoms with Crippen molar-refractivity contribution in [2.75, 3.05) is 13.7 Å². The van der Waals surface area contributed by atoms with Crippen LogP contribution >= 0.6 is 0 Å². The van der Waals surface area contributed by atoms with Crippen molar-refractivity contribution in [1.82, 2.24) is 15.3 Å². The van der Waals surface area contributed by atoms with Crippen LogP contribution in [0.4, 0.5) is 4.39 Å². The van der Waals surface area contributed by atoms with Crippen LogP contribution in [-0.4, -0.2) is 29.5 Å². The molecule has 2 N–H and O–H groups in total. The van der Waals surface area contributed by atoms with Gasteiger partial charge in [0.05, 0.1) is 13.3 Å². The van der Waals surface area contributed by atoms with Gasteiger partial charge in [-0.15, -0.1) is 0 Å². The number of halogens is 1. The van der Waals surface area contributed by atoms with Crippen LogP contribution in [0, 0.1) is 12.7 Å². The van der Waals surface area contributed by atoms with Gasteiger partial charge in [-0.1, -0.05) is 27.7 Å². The average Bonchev–Trinajstić information content (AvgIpc) is 3.29. The summed E-state index contributed by atoms with van der Waals surface area (Å²) in [5.74, 6) is 0.685. The second-order valence-corrected chi connectivity index (χ2v) is 6.20. The Balaban J connectivity index is 0.00000113. The highest BCUT2D eigenvalue weighted by molar-refractivity contribution is 5.89. The summed E-state index contributed by atoms with van der Waals surface area (Å²) in [6.07, 6.45) is 7.67. The Morgan fingerprint density at radius 2 is 1.94 bits per heavy atom. The van der Waals surface area contributed by atoms with Crippen molar-refractivity contribution in [3.05, 3.63) is 71.8 Å². The van der Waals surface area contributed by atoms with E-state index in [1.165, 1.54) is 12.3 Å². The van der Waals surface area contributed by atoms with E-state index in [1.807, 2.05) is 52.8 Å². The van der Waals surface area contributed by atoms with Gasteiger partial charge in [0, 0.05) is 12.7 Å². The van der Waals surface area contributed by atoms with Crippen LogP contribution in [0.15, 0.2) is 49.1 Å². The standard InChI is InChI=1S/C20H21FN4O2.2C2H6/c1-14-10-17(5-6-18(14)27-2)25-9-8-23-19(25)20(26)24-7-3-4-15-11-16(21)13-22-12-15;2*1-2/h5-6,8-13H,3-4,7H2,1-2H3,(H,24,26);2*1-2H3/p+1. The van der Waals surface area contributed by atoms with Gasteiger partial charge in [0.2, 0.25) is 0 Å². The predicted molar refractivity (Wildman–Crippen MR) is 121 cm³/mol. The zero-order chi connectivity index (χ0) is 23.2. The normalized spacial score (nSPS) is 9.65. The minimum Gasteiger partial charge on any atom is -0.496 e. The average molecular weight is 430 g/mol. The summed E-state index contributed by atoms with van der Waals surface area (Å²) >= 11 is 0. The largest absolute Gasteiger partial charge is 0.496 e. The maximum atomic E-state index is 13.1. The number of aryl methyl sites for hydroxylation is 2. The molecule has 2 heterocycles. The number of nitrogens with zero attached hydrogens (tertiary/aromatic N) is 2. The van der Waals surface area contributed by atoms with Crippen molar-refractivity contribution in [3.63, 3.8) is 0 Å². The van der Waals surface area contributed by atoms with Crippen LogP contribution in [-0.2, 0) is 6.42 Å². The first-order valence-electron chi connectivity index (χ1n) is 10.7. The summed E-state index contributed by atoms with van der Waals surface area (Å²) in [5, 5.41) is 2.89. The minimum atomic E-state index is -0.348. The molecule has 0 fully saturated rings. The van der Waals surface area contributed by atoms with Crippen molar-refractivity contribution < 1.29 is 18.5 Å². The summed E-state index contributed by atoms with van der Waals surface area (Å²) in [5.41, 5.74) is 2.66. The SMILES string of the molecule is CC.CC.COc1ccc(-[n+]2cc[nH]c2C(=O)NCCCc2cncc(F)c2)cc1C. The lowest BCUT2D eigenvalue weighted by Crippen LogP contribution is -2.40. The molecule has 1 aromatic carbocycles. The number of aromatic amines is 1. The maximum Gasteiger partial charge on any atom is 0.350 e. The van der Waals surface area contributed by atoms with Gasteiger partial charge in [0.25, 0.3) is 0 Å². The lowest BCUT2D eigenvalue weighted by molar-refractivity contribution is -0.596. The third kappa shape index (κ3) is 7.51. The number of methoxy groups -OCH3 is 1. The highest BCUT2D eigenvalue weighted by Crippen LogP contribution is 2.18. The number of nitrogens with one attached hydrogen (secondary N) is 2. The van der Waals surface area contributed by atoms with Gasteiger partial charge in [0.15, 0.2) is 0 Å². The minimum absolute atomic E-state index is 0.203. The summed E-state index contributed by atoms with van der Waals surface area (Å²) in [6, 6.07) is 7.19. The van der Waals surface area contributed by atoms with Crippen molar-refractivity contribution in [3.8, 4) is 11.4 Å². The number of hydrogen-bond donors (Lipinski definition) is 2. The van der Waals surface area contributed by atoms with Crippen molar-refractivity contribution in [2.24, 2.45) is 0 Å². The molecule has 0 radical (unpaired) electrons. The quantitative estimate of drug-likeness (QED) is 0.427. The predicted octanol–water partition coefficient (Wildman–Crippen LogP) is 4.56. The fourth-order valence-electron chi connectivity index (χ4n) is 2.91. The lowest BCUT2D eigenvalue weighted by Gasteiger charge is -2.07. The van der Waals surface area contributed by atoms with E-state index < -0.39 is 0 Å². The lowest BCUT2D eigenvalue weighted by atomic mass is 10.1. The second-order valence-electron chi connectivity index (χ2n) is 6.20. The van der Waals surface area contributed by atoms with Gasteiger partial charge >= 0.3 is 11.7 Å². The summed E-state index contributed by atoms with van der Waals surface area (Å²) in [7, 11) is 1.63. The molecule has 3 rings (SSSR count). The number of carbonyl (C=O) groups excluding carboxylic acids is 1. The number of hydrogen-bond acceptors (Lipinski definition) is 3. The molecule has 31 heavy (non-hydrogen) atoms. The fourth-order valence-corrected chi connectivity index (χ4v) is 2.91. The summed E-state index contributed by atoms with van der Waals surface area (Å²) < 4.78 is 20.2. The van der Waals surface area contributed by atoms with Crippen molar-refractivity contribution in [2.45, 2.75) is 47.5 Å². The molecule has 0 aliphatic carbocycles. The number of amides is 1. The van der Waals surface area contributed by atoms with Crippen molar-refractivity contribution >= 4 is 5.91 Å². The smallest absolute Gasteiger partial charge is 0.350 e. The molecule has 0 aliphatic rings. The molecule has 0 unspecified atom stereocenters. The first kappa shape index (κ1) is 25.8.